The smallest absolute Gasteiger partial charge is 0.220 e. The van der Waals surface area contributed by atoms with Gasteiger partial charge in [0.1, 0.15) is 0 Å². The number of nitrogens with one attached hydrogen (secondary N) is 1. The summed E-state index contributed by atoms with van der Waals surface area (Å²) in [6, 6.07) is 0.542. The van der Waals surface area contributed by atoms with Gasteiger partial charge in [-0.25, -0.2) is 0 Å². The highest BCUT2D eigenvalue weighted by atomic mass is 35.5. The van der Waals surface area contributed by atoms with Crippen molar-refractivity contribution in [2.24, 2.45) is 5.73 Å². The molecule has 1 heterocycles. The normalized spacial score (nSPS) is 19.6. The summed E-state index contributed by atoms with van der Waals surface area (Å²) in [5.41, 5.74) is 5.37. The Bertz CT molecular complexity index is 217. The van der Waals surface area contributed by atoms with E-state index in [4.69, 9.17) is 5.73 Å². The van der Waals surface area contributed by atoms with E-state index in [1.54, 1.807) is 0 Å². The lowest BCUT2D eigenvalue weighted by Crippen LogP contribution is -2.46. The zero-order valence-corrected chi connectivity index (χ0v) is 12.8. The van der Waals surface area contributed by atoms with Crippen molar-refractivity contribution in [1.29, 1.82) is 0 Å². The van der Waals surface area contributed by atoms with Crippen molar-refractivity contribution in [3.8, 4) is 0 Å². The molecule has 1 amide bonds. The summed E-state index contributed by atoms with van der Waals surface area (Å²) >= 11 is 0. The van der Waals surface area contributed by atoms with E-state index in [1.807, 2.05) is 0 Å². The van der Waals surface area contributed by atoms with Crippen LogP contribution in [0.25, 0.3) is 0 Å². The van der Waals surface area contributed by atoms with E-state index in [2.05, 4.69) is 17.1 Å². The molecule has 18 heavy (non-hydrogen) atoms. The van der Waals surface area contributed by atoms with Crippen LogP contribution in [0.5, 0.6) is 0 Å². The average Bonchev–Trinajstić information content (AvgIpc) is 2.34. The molecule has 3 N–H and O–H groups in total. The lowest BCUT2D eigenvalue weighted by Gasteiger charge is -2.34. The third kappa shape index (κ3) is 7.41. The summed E-state index contributed by atoms with van der Waals surface area (Å²) in [5, 5.41) is 3.02. The van der Waals surface area contributed by atoms with Gasteiger partial charge in [0.2, 0.25) is 5.91 Å². The number of likely N-dealkylation sites (N-methyl/N-ethyl adjacent to an activating group) is 1. The standard InChI is InChI=1S/C12H25N3O.2ClH/c1-2-15-9-4-3-6-11(15)10-14-12(16)7-5-8-13;;/h11H,2-10,13H2,1H3,(H,14,16);2*1H. The van der Waals surface area contributed by atoms with E-state index >= 15 is 0 Å². The molecule has 0 aromatic carbocycles. The number of rotatable bonds is 6. The summed E-state index contributed by atoms with van der Waals surface area (Å²) in [5.74, 6) is 0.145. The predicted octanol–water partition coefficient (Wildman–Crippen LogP) is 1.56. The van der Waals surface area contributed by atoms with Gasteiger partial charge in [-0.05, 0) is 38.9 Å². The third-order valence-corrected chi connectivity index (χ3v) is 3.30. The average molecular weight is 300 g/mol. The zero-order valence-electron chi connectivity index (χ0n) is 11.2. The number of piperidine rings is 1. The molecule has 1 saturated heterocycles. The van der Waals surface area contributed by atoms with E-state index < -0.39 is 0 Å². The molecule has 1 fully saturated rings. The van der Waals surface area contributed by atoms with Gasteiger partial charge in [-0.3, -0.25) is 9.69 Å². The summed E-state index contributed by atoms with van der Waals surface area (Å²) in [4.78, 5) is 13.9. The van der Waals surface area contributed by atoms with Crippen LogP contribution in [0.2, 0.25) is 0 Å². The second-order valence-electron chi connectivity index (χ2n) is 4.47. The number of nitrogens with two attached hydrogens (primary N) is 1. The van der Waals surface area contributed by atoms with Crippen molar-refractivity contribution < 1.29 is 4.79 Å². The molecule has 4 nitrogen and oxygen atoms in total. The zero-order chi connectivity index (χ0) is 11.8. The van der Waals surface area contributed by atoms with Gasteiger partial charge in [-0.15, -0.1) is 24.8 Å². The number of halogens is 2. The molecule has 1 rings (SSSR count). The minimum absolute atomic E-state index is 0. The van der Waals surface area contributed by atoms with E-state index in [1.165, 1.54) is 25.8 Å². The van der Waals surface area contributed by atoms with Crippen LogP contribution < -0.4 is 11.1 Å². The Hall–Kier alpha value is -0.0300. The first kappa shape index (κ1) is 20.3. The fourth-order valence-corrected chi connectivity index (χ4v) is 2.29. The first-order chi connectivity index (χ1) is 7.77. The van der Waals surface area contributed by atoms with Crippen LogP contribution in [-0.4, -0.2) is 43.0 Å². The summed E-state index contributed by atoms with van der Waals surface area (Å²) in [6.45, 7) is 5.85. The Morgan fingerprint density at radius 2 is 2.11 bits per heavy atom. The highest BCUT2D eigenvalue weighted by Crippen LogP contribution is 2.15. The van der Waals surface area contributed by atoms with Crippen LogP contribution in [0.1, 0.15) is 39.0 Å². The Morgan fingerprint density at radius 3 is 2.72 bits per heavy atom. The van der Waals surface area contributed by atoms with Gasteiger partial charge >= 0.3 is 0 Å². The third-order valence-electron chi connectivity index (χ3n) is 3.30. The van der Waals surface area contributed by atoms with Crippen molar-refractivity contribution >= 4 is 30.7 Å². The van der Waals surface area contributed by atoms with Gasteiger partial charge < -0.3 is 11.1 Å². The maximum absolute atomic E-state index is 11.5. The molecule has 0 aliphatic carbocycles. The molecule has 1 atom stereocenters. The molecule has 0 aromatic rings. The maximum Gasteiger partial charge on any atom is 0.220 e. The van der Waals surface area contributed by atoms with E-state index in [0.717, 1.165) is 19.5 Å². The van der Waals surface area contributed by atoms with Crippen molar-refractivity contribution in [2.45, 2.75) is 45.1 Å². The van der Waals surface area contributed by atoms with Gasteiger partial charge in [0.25, 0.3) is 0 Å². The molecule has 1 unspecified atom stereocenters. The molecular weight excluding hydrogens is 273 g/mol. The predicted molar refractivity (Wildman–Crippen MR) is 80.7 cm³/mol. The first-order valence-electron chi connectivity index (χ1n) is 6.48. The van der Waals surface area contributed by atoms with Crippen LogP contribution >= 0.6 is 24.8 Å². The van der Waals surface area contributed by atoms with Crippen molar-refractivity contribution in [1.82, 2.24) is 10.2 Å². The largest absolute Gasteiger partial charge is 0.355 e. The number of likely N-dealkylation sites (tertiary alicyclic amines) is 1. The summed E-state index contributed by atoms with van der Waals surface area (Å²) < 4.78 is 0. The molecule has 0 saturated carbocycles. The van der Waals surface area contributed by atoms with E-state index in [0.29, 0.717) is 19.0 Å². The minimum atomic E-state index is 0. The summed E-state index contributed by atoms with van der Waals surface area (Å²) in [7, 11) is 0. The second-order valence-corrected chi connectivity index (χ2v) is 4.47. The monoisotopic (exact) mass is 299 g/mol. The Labute approximate surface area is 123 Å². The Kier molecular flexibility index (Phi) is 13.6. The highest BCUT2D eigenvalue weighted by molar-refractivity contribution is 5.85. The molecule has 6 heteroatoms. The van der Waals surface area contributed by atoms with Crippen molar-refractivity contribution in [2.75, 3.05) is 26.2 Å². The quantitative estimate of drug-likeness (QED) is 0.782. The van der Waals surface area contributed by atoms with Gasteiger partial charge in [-0.2, -0.15) is 0 Å². The Morgan fingerprint density at radius 1 is 1.39 bits per heavy atom. The molecule has 0 bridgehead atoms. The van der Waals surface area contributed by atoms with Gasteiger partial charge in [-0.1, -0.05) is 13.3 Å². The van der Waals surface area contributed by atoms with Crippen LogP contribution in [0.3, 0.4) is 0 Å². The number of amides is 1. The molecule has 0 aromatic heterocycles. The van der Waals surface area contributed by atoms with Crippen molar-refractivity contribution in [3.63, 3.8) is 0 Å². The van der Waals surface area contributed by atoms with Crippen LogP contribution in [-0.2, 0) is 4.79 Å². The number of hydrogen-bond acceptors (Lipinski definition) is 3. The first-order valence-corrected chi connectivity index (χ1v) is 6.48. The molecule has 0 spiro atoms. The highest BCUT2D eigenvalue weighted by Gasteiger charge is 2.20. The second kappa shape index (κ2) is 12.0. The van der Waals surface area contributed by atoms with Crippen LogP contribution in [0, 0.1) is 0 Å². The van der Waals surface area contributed by atoms with Gasteiger partial charge in [0, 0.05) is 19.0 Å². The maximum atomic E-state index is 11.5. The SMILES string of the molecule is CCN1CCCCC1CNC(=O)CCCN.Cl.Cl. The molecule has 0 radical (unpaired) electrons. The lowest BCUT2D eigenvalue weighted by atomic mass is 10.0. The fourth-order valence-electron chi connectivity index (χ4n) is 2.29. The van der Waals surface area contributed by atoms with Crippen LogP contribution in [0.4, 0.5) is 0 Å². The molecule has 1 aliphatic heterocycles. The molecule has 110 valence electrons. The van der Waals surface area contributed by atoms with Crippen molar-refractivity contribution in [3.05, 3.63) is 0 Å². The van der Waals surface area contributed by atoms with Gasteiger partial charge in [0.05, 0.1) is 0 Å². The Balaban J connectivity index is 0. The number of nitrogens with zero attached hydrogens (tertiary/aromatic N) is 1. The van der Waals surface area contributed by atoms with Crippen LogP contribution in [0.15, 0.2) is 0 Å². The number of carbonyl (C=O) groups is 1. The molecule has 1 aliphatic rings. The van der Waals surface area contributed by atoms with Gasteiger partial charge in [0.15, 0.2) is 0 Å². The summed E-state index contributed by atoms with van der Waals surface area (Å²) in [6.07, 6.45) is 5.15. The van der Waals surface area contributed by atoms with E-state index in [-0.39, 0.29) is 30.7 Å². The lowest BCUT2D eigenvalue weighted by molar-refractivity contribution is -0.121. The topological polar surface area (TPSA) is 58.4 Å². The minimum Gasteiger partial charge on any atom is -0.355 e. The number of hydrogen-bond donors (Lipinski definition) is 2. The van der Waals surface area contributed by atoms with E-state index in [9.17, 15) is 4.79 Å². The molecular formula is C12H27Cl2N3O. The fraction of sp³-hybridized carbons (Fsp3) is 0.917. The number of carbonyl (C=O) groups excluding carboxylic acids is 1.